The van der Waals surface area contributed by atoms with Gasteiger partial charge in [0, 0.05) is 6.42 Å². The monoisotopic (exact) mass is 200 g/mol. The molecule has 1 unspecified atom stereocenters. The largest absolute Gasteiger partial charge is 0.321 e. The SMILES string of the molecule is CCc1nc(C(N)CCSC)n[nH]1. The lowest BCUT2D eigenvalue weighted by Gasteiger charge is -2.04. The van der Waals surface area contributed by atoms with Crippen molar-refractivity contribution in [2.75, 3.05) is 12.0 Å². The molecule has 0 aliphatic carbocycles. The molecule has 4 nitrogen and oxygen atoms in total. The second-order valence-electron chi connectivity index (χ2n) is 2.88. The molecule has 0 radical (unpaired) electrons. The van der Waals surface area contributed by atoms with Crippen molar-refractivity contribution in [1.82, 2.24) is 15.2 Å². The van der Waals surface area contributed by atoms with Gasteiger partial charge < -0.3 is 5.73 Å². The molecule has 0 amide bonds. The van der Waals surface area contributed by atoms with E-state index in [4.69, 9.17) is 5.73 Å². The van der Waals surface area contributed by atoms with Crippen LogP contribution in [0.1, 0.15) is 31.0 Å². The molecule has 0 bridgehead atoms. The van der Waals surface area contributed by atoms with Gasteiger partial charge in [0.1, 0.15) is 5.82 Å². The highest BCUT2D eigenvalue weighted by molar-refractivity contribution is 7.98. The van der Waals surface area contributed by atoms with E-state index in [1.807, 2.05) is 6.92 Å². The van der Waals surface area contributed by atoms with E-state index >= 15 is 0 Å². The minimum atomic E-state index is -0.0241. The van der Waals surface area contributed by atoms with E-state index in [0.29, 0.717) is 0 Å². The topological polar surface area (TPSA) is 67.6 Å². The number of hydrogen-bond acceptors (Lipinski definition) is 4. The van der Waals surface area contributed by atoms with Crippen molar-refractivity contribution in [3.63, 3.8) is 0 Å². The molecule has 0 aliphatic heterocycles. The Balaban J connectivity index is 2.50. The highest BCUT2D eigenvalue weighted by Gasteiger charge is 2.10. The lowest BCUT2D eigenvalue weighted by molar-refractivity contribution is 0.657. The van der Waals surface area contributed by atoms with Crippen molar-refractivity contribution in [3.8, 4) is 0 Å². The van der Waals surface area contributed by atoms with Crippen LogP contribution >= 0.6 is 11.8 Å². The van der Waals surface area contributed by atoms with Crippen LogP contribution in [0, 0.1) is 0 Å². The predicted molar refractivity (Wildman–Crippen MR) is 55.7 cm³/mol. The van der Waals surface area contributed by atoms with Crippen molar-refractivity contribution >= 4 is 11.8 Å². The van der Waals surface area contributed by atoms with Crippen LogP contribution in [0.3, 0.4) is 0 Å². The van der Waals surface area contributed by atoms with Gasteiger partial charge in [-0.2, -0.15) is 16.9 Å². The molecule has 0 saturated carbocycles. The molecule has 0 fully saturated rings. The van der Waals surface area contributed by atoms with Gasteiger partial charge in [-0.1, -0.05) is 6.92 Å². The summed E-state index contributed by atoms with van der Waals surface area (Å²) < 4.78 is 0. The molecule has 74 valence electrons. The second-order valence-corrected chi connectivity index (χ2v) is 3.87. The molecule has 5 heteroatoms. The number of hydrogen-bond donors (Lipinski definition) is 2. The van der Waals surface area contributed by atoms with E-state index in [2.05, 4.69) is 21.4 Å². The number of rotatable bonds is 5. The third-order valence-corrected chi connectivity index (χ3v) is 2.49. The molecule has 13 heavy (non-hydrogen) atoms. The highest BCUT2D eigenvalue weighted by atomic mass is 32.2. The summed E-state index contributed by atoms with van der Waals surface area (Å²) in [4.78, 5) is 4.28. The minimum absolute atomic E-state index is 0.0241. The number of aromatic amines is 1. The molecule has 1 atom stereocenters. The maximum atomic E-state index is 5.89. The van der Waals surface area contributed by atoms with E-state index in [1.54, 1.807) is 11.8 Å². The van der Waals surface area contributed by atoms with Gasteiger partial charge in [-0.3, -0.25) is 5.10 Å². The van der Waals surface area contributed by atoms with Crippen molar-refractivity contribution < 1.29 is 0 Å². The van der Waals surface area contributed by atoms with Crippen LogP contribution in [0.15, 0.2) is 0 Å². The maximum absolute atomic E-state index is 5.89. The van der Waals surface area contributed by atoms with Gasteiger partial charge in [-0.15, -0.1) is 0 Å². The second kappa shape index (κ2) is 5.24. The third-order valence-electron chi connectivity index (χ3n) is 1.85. The molecule has 1 rings (SSSR count). The molecular formula is C8H16N4S. The van der Waals surface area contributed by atoms with E-state index in [9.17, 15) is 0 Å². The Morgan fingerprint density at radius 1 is 1.62 bits per heavy atom. The fourth-order valence-electron chi connectivity index (χ4n) is 1.01. The first-order valence-corrected chi connectivity index (χ1v) is 5.83. The lowest BCUT2D eigenvalue weighted by atomic mass is 10.2. The zero-order valence-corrected chi connectivity index (χ0v) is 8.90. The summed E-state index contributed by atoms with van der Waals surface area (Å²) >= 11 is 1.79. The van der Waals surface area contributed by atoms with Gasteiger partial charge in [0.15, 0.2) is 5.82 Å². The standard InChI is InChI=1S/C8H16N4S/c1-3-7-10-8(12-11-7)6(9)4-5-13-2/h6H,3-5,9H2,1-2H3,(H,10,11,12). The molecular weight excluding hydrogens is 184 g/mol. The van der Waals surface area contributed by atoms with Gasteiger partial charge in [0.2, 0.25) is 0 Å². The van der Waals surface area contributed by atoms with E-state index in [0.717, 1.165) is 30.2 Å². The van der Waals surface area contributed by atoms with Crippen LogP contribution in [0.2, 0.25) is 0 Å². The van der Waals surface area contributed by atoms with Crippen LogP contribution in [-0.4, -0.2) is 27.2 Å². The summed E-state index contributed by atoms with van der Waals surface area (Å²) in [5.74, 6) is 2.71. The first-order chi connectivity index (χ1) is 6.27. The van der Waals surface area contributed by atoms with Crippen LogP contribution in [-0.2, 0) is 6.42 Å². The summed E-state index contributed by atoms with van der Waals surface area (Å²) in [5.41, 5.74) is 5.89. The van der Waals surface area contributed by atoms with Crippen molar-refractivity contribution in [2.24, 2.45) is 5.73 Å². The first-order valence-electron chi connectivity index (χ1n) is 4.43. The summed E-state index contributed by atoms with van der Waals surface area (Å²) in [7, 11) is 0. The fourth-order valence-corrected chi connectivity index (χ4v) is 1.50. The Labute approximate surface area is 82.7 Å². The lowest BCUT2D eigenvalue weighted by Crippen LogP contribution is -2.13. The molecule has 0 aliphatic rings. The quantitative estimate of drug-likeness (QED) is 0.747. The normalized spacial score (nSPS) is 13.2. The van der Waals surface area contributed by atoms with Gasteiger partial charge >= 0.3 is 0 Å². The predicted octanol–water partition coefficient (Wildman–Crippen LogP) is 1.12. The number of H-pyrrole nitrogens is 1. The Kier molecular flexibility index (Phi) is 4.24. The summed E-state index contributed by atoms with van der Waals surface area (Å²) in [6.07, 6.45) is 3.88. The Hall–Kier alpha value is -0.550. The first kappa shape index (κ1) is 10.5. The van der Waals surface area contributed by atoms with Crippen LogP contribution in [0.4, 0.5) is 0 Å². The van der Waals surface area contributed by atoms with E-state index in [-0.39, 0.29) is 6.04 Å². The van der Waals surface area contributed by atoms with Crippen LogP contribution in [0.25, 0.3) is 0 Å². The number of nitrogens with one attached hydrogen (secondary N) is 1. The molecule has 1 heterocycles. The van der Waals surface area contributed by atoms with Crippen molar-refractivity contribution in [1.29, 1.82) is 0 Å². The number of aryl methyl sites for hydroxylation is 1. The van der Waals surface area contributed by atoms with Crippen LogP contribution in [0.5, 0.6) is 0 Å². The average Bonchev–Trinajstić information content (AvgIpc) is 2.62. The van der Waals surface area contributed by atoms with Crippen molar-refractivity contribution in [2.45, 2.75) is 25.8 Å². The third kappa shape index (κ3) is 3.00. The van der Waals surface area contributed by atoms with Crippen molar-refractivity contribution in [3.05, 3.63) is 11.6 Å². The van der Waals surface area contributed by atoms with Gasteiger partial charge in [0.25, 0.3) is 0 Å². The molecule has 1 aromatic heterocycles. The Bertz CT molecular complexity index is 248. The Morgan fingerprint density at radius 2 is 2.38 bits per heavy atom. The summed E-state index contributed by atoms with van der Waals surface area (Å²) in [6.45, 7) is 2.04. The smallest absolute Gasteiger partial charge is 0.167 e. The zero-order chi connectivity index (χ0) is 9.68. The highest BCUT2D eigenvalue weighted by Crippen LogP contribution is 2.11. The fraction of sp³-hybridized carbons (Fsp3) is 0.750. The van der Waals surface area contributed by atoms with Gasteiger partial charge in [0.05, 0.1) is 6.04 Å². The molecule has 0 saturated heterocycles. The van der Waals surface area contributed by atoms with E-state index in [1.165, 1.54) is 0 Å². The molecule has 0 spiro atoms. The number of aromatic nitrogens is 3. The van der Waals surface area contributed by atoms with Gasteiger partial charge in [-0.05, 0) is 18.4 Å². The summed E-state index contributed by atoms with van der Waals surface area (Å²) in [6, 6.07) is -0.0241. The maximum Gasteiger partial charge on any atom is 0.167 e. The Morgan fingerprint density at radius 3 is 2.92 bits per heavy atom. The summed E-state index contributed by atoms with van der Waals surface area (Å²) in [5, 5.41) is 6.93. The van der Waals surface area contributed by atoms with Crippen LogP contribution < -0.4 is 5.73 Å². The zero-order valence-electron chi connectivity index (χ0n) is 8.08. The molecule has 1 aromatic rings. The molecule has 0 aromatic carbocycles. The van der Waals surface area contributed by atoms with Gasteiger partial charge in [-0.25, -0.2) is 4.98 Å². The van der Waals surface area contributed by atoms with E-state index < -0.39 is 0 Å². The minimum Gasteiger partial charge on any atom is -0.321 e. The number of nitrogens with zero attached hydrogens (tertiary/aromatic N) is 2. The average molecular weight is 200 g/mol. The molecule has 3 N–H and O–H groups in total. The number of nitrogens with two attached hydrogens (primary N) is 1. The number of thioether (sulfide) groups is 1.